The van der Waals surface area contributed by atoms with Gasteiger partial charge in [0.25, 0.3) is 0 Å². The van der Waals surface area contributed by atoms with E-state index >= 15 is 0 Å². The largest absolute Gasteiger partial charge is 0.512 e. The summed E-state index contributed by atoms with van der Waals surface area (Å²) in [5.41, 5.74) is 5.81. The molecule has 228 valence electrons. The average Bonchev–Trinajstić information content (AvgIpc) is 3.40. The summed E-state index contributed by atoms with van der Waals surface area (Å²) < 4.78 is 17.4. The van der Waals surface area contributed by atoms with Gasteiger partial charge in [0.2, 0.25) is 11.8 Å². The third-order valence-electron chi connectivity index (χ3n) is 7.99. The number of nitrogens with zero attached hydrogens (tertiary/aromatic N) is 1. The van der Waals surface area contributed by atoms with E-state index in [-0.39, 0.29) is 5.88 Å². The summed E-state index contributed by atoms with van der Waals surface area (Å²) >= 11 is 0. The van der Waals surface area contributed by atoms with Gasteiger partial charge in [-0.05, 0) is 67.2 Å². The lowest BCUT2D eigenvalue weighted by atomic mass is 9.98. The predicted octanol–water partition coefficient (Wildman–Crippen LogP) is 9.16. The first-order valence-electron chi connectivity index (χ1n) is 15.4. The van der Waals surface area contributed by atoms with Gasteiger partial charge < -0.3 is 24.3 Å². The van der Waals surface area contributed by atoms with E-state index < -0.39 is 6.16 Å². The topological polar surface area (TPSA) is 93.7 Å². The molecule has 7 nitrogen and oxygen atoms in total. The highest BCUT2D eigenvalue weighted by molar-refractivity contribution is 5.98. The van der Waals surface area contributed by atoms with Gasteiger partial charge >= 0.3 is 6.16 Å². The van der Waals surface area contributed by atoms with Gasteiger partial charge in [-0.15, -0.1) is 0 Å². The van der Waals surface area contributed by atoms with E-state index in [2.05, 4.69) is 46.4 Å². The van der Waals surface area contributed by atoms with Crippen LogP contribution >= 0.6 is 0 Å². The monoisotopic (exact) mass is 600 g/mol. The maximum atomic E-state index is 11.6. The molecule has 0 bridgehead atoms. The number of para-hydroxylation sites is 1. The van der Waals surface area contributed by atoms with Gasteiger partial charge in [-0.25, -0.2) is 9.78 Å². The zero-order chi connectivity index (χ0) is 31.0. The highest BCUT2D eigenvalue weighted by Gasteiger charge is 2.19. The number of pyridine rings is 1. The number of fused-ring (bicyclic) bond motifs is 2. The molecule has 0 aliphatic heterocycles. The Morgan fingerprint density at radius 2 is 1.53 bits per heavy atom. The summed E-state index contributed by atoms with van der Waals surface area (Å²) in [7, 11) is 0. The molecule has 2 aromatic heterocycles. The molecule has 45 heavy (non-hydrogen) atoms. The second-order valence-corrected chi connectivity index (χ2v) is 11.1. The van der Waals surface area contributed by atoms with Crippen LogP contribution in [-0.2, 0) is 12.8 Å². The summed E-state index contributed by atoms with van der Waals surface area (Å²) in [5, 5.41) is 12.6. The molecule has 0 fully saturated rings. The highest BCUT2D eigenvalue weighted by atomic mass is 16.7. The smallest absolute Gasteiger partial charge is 0.493 e. The van der Waals surface area contributed by atoms with Crippen LogP contribution in [0.4, 0.5) is 4.79 Å². The zero-order valence-electron chi connectivity index (χ0n) is 25.3. The van der Waals surface area contributed by atoms with Gasteiger partial charge in [-0.1, -0.05) is 84.9 Å². The van der Waals surface area contributed by atoms with E-state index in [1.165, 1.54) is 5.56 Å². The van der Waals surface area contributed by atoms with E-state index in [1.807, 2.05) is 73.8 Å². The summed E-state index contributed by atoms with van der Waals surface area (Å²) in [6, 6.07) is 32.6. The molecule has 0 saturated carbocycles. The van der Waals surface area contributed by atoms with Crippen molar-refractivity contribution in [2.24, 2.45) is 0 Å². The van der Waals surface area contributed by atoms with Gasteiger partial charge in [0.1, 0.15) is 5.75 Å². The number of ether oxygens (including phenoxy) is 3. The first kappa shape index (κ1) is 29.8. The van der Waals surface area contributed by atoms with Crippen molar-refractivity contribution < 1.29 is 24.1 Å². The number of hydrogen-bond donors (Lipinski definition) is 2. The van der Waals surface area contributed by atoms with E-state index in [9.17, 15) is 9.90 Å². The number of aryl methyl sites for hydroxylation is 3. The Hall–Kier alpha value is -5.30. The molecule has 6 rings (SSSR count). The number of benzene rings is 4. The number of aromatic amines is 1. The normalized spacial score (nSPS) is 11.1. The Labute approximate surface area is 262 Å². The van der Waals surface area contributed by atoms with Gasteiger partial charge in [0.15, 0.2) is 0 Å². The Kier molecular flexibility index (Phi) is 9.25. The molecule has 2 N–H and O–H groups in total. The summed E-state index contributed by atoms with van der Waals surface area (Å²) in [5.74, 6) is 1.63. The van der Waals surface area contributed by atoms with Crippen molar-refractivity contribution in [3.8, 4) is 28.6 Å². The van der Waals surface area contributed by atoms with Crippen LogP contribution in [0.15, 0.2) is 103 Å². The fourth-order valence-corrected chi connectivity index (χ4v) is 5.78. The van der Waals surface area contributed by atoms with E-state index in [0.717, 1.165) is 68.9 Å². The Morgan fingerprint density at radius 1 is 0.778 bits per heavy atom. The fourth-order valence-electron chi connectivity index (χ4n) is 5.78. The number of aromatic nitrogens is 2. The molecule has 0 aliphatic carbocycles. The molecular weight excluding hydrogens is 564 g/mol. The van der Waals surface area contributed by atoms with Crippen molar-refractivity contribution in [2.75, 3.05) is 13.2 Å². The van der Waals surface area contributed by atoms with Crippen LogP contribution in [0.25, 0.3) is 32.8 Å². The highest BCUT2D eigenvalue weighted by Crippen LogP contribution is 2.37. The van der Waals surface area contributed by atoms with E-state index in [0.29, 0.717) is 31.9 Å². The standard InChI is InChI=1S/C38H36N2O5/c1-26-25-39-35(44-22-8-7-14-27-12-3-2-4-13-27)24-33(26)31-19-10-18-30-32(37(40-36(30)31)45-38(41)42)20-11-23-43-34-21-9-16-28-15-5-6-17-29(28)34/h2-6,9-10,12-13,15-19,21,24-25,40H,7-8,11,14,20,22-23H2,1H3,(H,41,42). The van der Waals surface area contributed by atoms with Crippen LogP contribution in [0.1, 0.15) is 36.0 Å². The first-order valence-corrected chi connectivity index (χ1v) is 15.4. The van der Waals surface area contributed by atoms with Crippen LogP contribution in [0.5, 0.6) is 17.5 Å². The number of hydrogen-bond acceptors (Lipinski definition) is 5. The number of carbonyl (C=O) groups is 1. The predicted molar refractivity (Wildman–Crippen MR) is 178 cm³/mol. The summed E-state index contributed by atoms with van der Waals surface area (Å²) in [6.07, 6.45) is 4.68. The summed E-state index contributed by atoms with van der Waals surface area (Å²) in [4.78, 5) is 19.4. The lowest BCUT2D eigenvalue weighted by Gasteiger charge is -2.11. The molecule has 0 radical (unpaired) electrons. The minimum atomic E-state index is -1.36. The number of nitrogens with one attached hydrogen (secondary N) is 1. The van der Waals surface area contributed by atoms with Crippen molar-refractivity contribution in [3.05, 3.63) is 120 Å². The number of unbranched alkanes of at least 4 members (excludes halogenated alkanes) is 1. The van der Waals surface area contributed by atoms with Crippen molar-refractivity contribution >= 4 is 27.8 Å². The third-order valence-corrected chi connectivity index (χ3v) is 7.99. The minimum Gasteiger partial charge on any atom is -0.493 e. The van der Waals surface area contributed by atoms with Crippen LogP contribution < -0.4 is 14.2 Å². The molecule has 0 unspecified atom stereocenters. The number of carboxylic acid groups (broad SMARTS) is 1. The second-order valence-electron chi connectivity index (χ2n) is 11.1. The molecular formula is C38H36N2O5. The molecule has 2 heterocycles. The SMILES string of the molecule is Cc1cnc(OCCCCc2ccccc2)cc1-c1cccc2c(CCCOc3cccc4ccccc34)c(OC(=O)O)[nH]c12. The van der Waals surface area contributed by atoms with E-state index in [1.54, 1.807) is 0 Å². The number of rotatable bonds is 13. The minimum absolute atomic E-state index is 0.233. The van der Waals surface area contributed by atoms with Crippen LogP contribution in [-0.4, -0.2) is 34.4 Å². The maximum absolute atomic E-state index is 11.6. The van der Waals surface area contributed by atoms with E-state index in [4.69, 9.17) is 14.2 Å². The Morgan fingerprint density at radius 3 is 2.40 bits per heavy atom. The molecule has 0 saturated heterocycles. The van der Waals surface area contributed by atoms with Gasteiger partial charge in [-0.2, -0.15) is 0 Å². The molecule has 0 spiro atoms. The van der Waals surface area contributed by atoms with Gasteiger partial charge in [0, 0.05) is 34.2 Å². The molecule has 0 amide bonds. The van der Waals surface area contributed by atoms with Crippen molar-refractivity contribution in [3.63, 3.8) is 0 Å². The zero-order valence-corrected chi connectivity index (χ0v) is 25.3. The first-order chi connectivity index (χ1) is 22.1. The Bertz CT molecular complexity index is 1910. The van der Waals surface area contributed by atoms with Crippen LogP contribution in [0.2, 0.25) is 0 Å². The maximum Gasteiger partial charge on any atom is 0.512 e. The van der Waals surface area contributed by atoms with Crippen molar-refractivity contribution in [1.82, 2.24) is 9.97 Å². The molecule has 7 heteroatoms. The van der Waals surface area contributed by atoms with Crippen LogP contribution in [0, 0.1) is 6.92 Å². The van der Waals surface area contributed by atoms with Crippen molar-refractivity contribution in [1.29, 1.82) is 0 Å². The molecule has 0 atom stereocenters. The third kappa shape index (κ3) is 7.10. The molecule has 6 aromatic rings. The van der Waals surface area contributed by atoms with Crippen LogP contribution in [0.3, 0.4) is 0 Å². The fraction of sp³-hybridized carbons (Fsp3) is 0.211. The molecule has 4 aromatic carbocycles. The quantitative estimate of drug-likeness (QED) is 0.101. The molecule has 0 aliphatic rings. The number of H-pyrrole nitrogens is 1. The lowest BCUT2D eigenvalue weighted by molar-refractivity contribution is 0.142. The lowest BCUT2D eigenvalue weighted by Crippen LogP contribution is -2.06. The second kappa shape index (κ2) is 14.0. The Balaban J connectivity index is 1.18. The van der Waals surface area contributed by atoms with Gasteiger partial charge in [0.05, 0.1) is 18.7 Å². The van der Waals surface area contributed by atoms with Crippen molar-refractivity contribution in [2.45, 2.75) is 39.0 Å². The average molecular weight is 601 g/mol. The summed E-state index contributed by atoms with van der Waals surface area (Å²) in [6.45, 7) is 3.06. The van der Waals surface area contributed by atoms with Gasteiger partial charge in [-0.3, -0.25) is 0 Å².